The van der Waals surface area contributed by atoms with Crippen molar-refractivity contribution in [2.45, 2.75) is 6.61 Å². The normalized spacial score (nSPS) is 12.2. The quantitative estimate of drug-likeness (QED) is 0.141. The summed E-state index contributed by atoms with van der Waals surface area (Å²) in [6.07, 6.45) is 1.30. The lowest BCUT2D eigenvalue weighted by molar-refractivity contribution is -0.385. The van der Waals surface area contributed by atoms with Crippen molar-refractivity contribution >= 4 is 34.4 Å². The fourth-order valence-corrected chi connectivity index (χ4v) is 4.52. The molecule has 0 unspecified atom stereocenters. The minimum absolute atomic E-state index is 0.00725. The van der Waals surface area contributed by atoms with Crippen LogP contribution in [0.4, 0.5) is 5.69 Å². The molecule has 0 spiro atoms. The molecular weight excluding hydrogens is 536 g/mol. The summed E-state index contributed by atoms with van der Waals surface area (Å²) in [6.45, 7) is 0.115. The number of ether oxygens (including phenoxy) is 3. The molecule has 1 aliphatic heterocycles. The van der Waals surface area contributed by atoms with Gasteiger partial charge in [0.15, 0.2) is 17.3 Å². The molecule has 0 aliphatic carbocycles. The van der Waals surface area contributed by atoms with Crippen molar-refractivity contribution in [3.05, 3.63) is 122 Å². The number of aromatic nitrogens is 2. The molecule has 6 rings (SSSR count). The van der Waals surface area contributed by atoms with Gasteiger partial charge in [0.2, 0.25) is 12.5 Å². The maximum absolute atomic E-state index is 13.5. The first-order valence-electron chi connectivity index (χ1n) is 12.1. The zero-order valence-electron chi connectivity index (χ0n) is 20.7. The van der Waals surface area contributed by atoms with Crippen LogP contribution < -0.4 is 19.8 Å². The van der Waals surface area contributed by atoms with E-state index >= 15 is 0 Å². The highest BCUT2D eigenvalue weighted by atomic mass is 35.5. The van der Waals surface area contributed by atoms with E-state index < -0.39 is 10.5 Å². The third-order valence-corrected chi connectivity index (χ3v) is 6.40. The summed E-state index contributed by atoms with van der Waals surface area (Å²) in [5.41, 5.74) is 1.35. The van der Waals surface area contributed by atoms with Crippen molar-refractivity contribution in [2.75, 3.05) is 6.79 Å². The lowest BCUT2D eigenvalue weighted by Crippen LogP contribution is -2.20. The molecule has 0 bridgehead atoms. The van der Waals surface area contributed by atoms with Crippen molar-refractivity contribution < 1.29 is 19.1 Å². The first-order valence-corrected chi connectivity index (χ1v) is 12.5. The monoisotopic (exact) mass is 554 g/mol. The Morgan fingerprint density at radius 1 is 1.02 bits per heavy atom. The highest BCUT2D eigenvalue weighted by molar-refractivity contribution is 6.31. The first-order chi connectivity index (χ1) is 19.5. The van der Waals surface area contributed by atoms with E-state index in [1.54, 1.807) is 42.5 Å². The molecule has 0 atom stereocenters. The number of nitro groups is 1. The van der Waals surface area contributed by atoms with Gasteiger partial charge < -0.3 is 14.2 Å². The highest BCUT2D eigenvalue weighted by Gasteiger charge is 2.22. The first kappa shape index (κ1) is 25.1. The van der Waals surface area contributed by atoms with Gasteiger partial charge in [-0.2, -0.15) is 9.78 Å². The third-order valence-electron chi connectivity index (χ3n) is 6.18. The molecule has 0 N–H and O–H groups in total. The second-order valence-corrected chi connectivity index (χ2v) is 9.19. The molecule has 0 saturated heterocycles. The molecule has 2 heterocycles. The fraction of sp³-hybridized carbons (Fsp3) is 0.0690. The summed E-state index contributed by atoms with van der Waals surface area (Å²) >= 11 is 6.23. The van der Waals surface area contributed by atoms with Gasteiger partial charge in [-0.3, -0.25) is 14.9 Å². The molecule has 40 heavy (non-hydrogen) atoms. The summed E-state index contributed by atoms with van der Waals surface area (Å²) < 4.78 is 17.8. The van der Waals surface area contributed by atoms with Crippen molar-refractivity contribution in [1.82, 2.24) is 9.66 Å². The van der Waals surface area contributed by atoms with Gasteiger partial charge in [0, 0.05) is 22.2 Å². The lowest BCUT2D eigenvalue weighted by atomic mass is 10.1. The molecule has 1 aliphatic rings. The number of hydrogen-bond acceptors (Lipinski definition) is 8. The Balaban J connectivity index is 1.44. The fourth-order valence-electron chi connectivity index (χ4n) is 4.30. The Morgan fingerprint density at radius 3 is 2.62 bits per heavy atom. The molecule has 0 saturated carbocycles. The van der Waals surface area contributed by atoms with Gasteiger partial charge in [0.1, 0.15) is 6.61 Å². The largest absolute Gasteiger partial charge is 0.481 e. The molecular formula is C29H19ClN4O6. The minimum Gasteiger partial charge on any atom is -0.481 e. The molecule has 11 heteroatoms. The SMILES string of the molecule is O=c1c2ccccc2nc(-c2ccccc2)n1N=Cc1cc(Cl)cc([N+](=O)[O-])c1OCc1ccc2c(c1)OCO2. The minimum atomic E-state index is -0.586. The Morgan fingerprint density at radius 2 is 1.80 bits per heavy atom. The van der Waals surface area contributed by atoms with Crippen LogP contribution in [0.2, 0.25) is 5.02 Å². The second kappa shape index (κ2) is 10.5. The number of fused-ring (bicyclic) bond motifs is 2. The number of benzene rings is 4. The van der Waals surface area contributed by atoms with Crippen LogP contribution in [0.5, 0.6) is 17.2 Å². The zero-order chi connectivity index (χ0) is 27.6. The van der Waals surface area contributed by atoms with Crippen molar-refractivity contribution in [2.24, 2.45) is 5.10 Å². The predicted octanol–water partition coefficient (Wildman–Crippen LogP) is 5.82. The van der Waals surface area contributed by atoms with E-state index in [1.165, 1.54) is 18.3 Å². The molecule has 0 fully saturated rings. The van der Waals surface area contributed by atoms with E-state index in [0.717, 1.165) is 4.68 Å². The molecule has 198 valence electrons. The van der Waals surface area contributed by atoms with Crippen LogP contribution >= 0.6 is 11.6 Å². The standard InChI is InChI=1S/C29H19ClN4O6/c30-21-13-20(27(24(14-21)34(36)37)38-16-18-10-11-25-26(12-18)40-17-39-25)15-31-33-28(19-6-2-1-3-7-19)32-23-9-5-4-8-22(23)29(33)35/h1-15H,16-17H2. The van der Waals surface area contributed by atoms with Gasteiger partial charge in [-0.15, -0.1) is 0 Å². The molecule has 10 nitrogen and oxygen atoms in total. The summed E-state index contributed by atoms with van der Waals surface area (Å²) in [4.78, 5) is 29.5. The van der Waals surface area contributed by atoms with Gasteiger partial charge in [0.25, 0.3) is 5.56 Å². The molecule has 5 aromatic rings. The van der Waals surface area contributed by atoms with Crippen LogP contribution in [0.1, 0.15) is 11.1 Å². The van der Waals surface area contributed by atoms with E-state index in [1.807, 2.05) is 30.3 Å². The molecule has 4 aromatic carbocycles. The van der Waals surface area contributed by atoms with Gasteiger partial charge in [-0.1, -0.05) is 60.1 Å². The number of halogens is 1. The van der Waals surface area contributed by atoms with Gasteiger partial charge >= 0.3 is 5.69 Å². The number of para-hydroxylation sites is 1. The topological polar surface area (TPSA) is 118 Å². The second-order valence-electron chi connectivity index (χ2n) is 8.76. The van der Waals surface area contributed by atoms with Gasteiger partial charge in [-0.05, 0) is 35.9 Å². The molecule has 1 aromatic heterocycles. The van der Waals surface area contributed by atoms with Gasteiger partial charge in [0.05, 0.1) is 22.0 Å². The van der Waals surface area contributed by atoms with E-state index in [-0.39, 0.29) is 35.4 Å². The lowest BCUT2D eigenvalue weighted by Gasteiger charge is -2.12. The Kier molecular flexibility index (Phi) is 6.59. The van der Waals surface area contributed by atoms with Crippen molar-refractivity contribution in [3.8, 4) is 28.6 Å². The third kappa shape index (κ3) is 4.83. The maximum Gasteiger partial charge on any atom is 0.313 e. The number of nitrogens with zero attached hydrogens (tertiary/aromatic N) is 4. The van der Waals surface area contributed by atoms with Crippen molar-refractivity contribution in [1.29, 1.82) is 0 Å². The van der Waals surface area contributed by atoms with Crippen molar-refractivity contribution in [3.63, 3.8) is 0 Å². The zero-order valence-corrected chi connectivity index (χ0v) is 21.4. The van der Waals surface area contributed by atoms with Crippen LogP contribution in [0.15, 0.2) is 94.8 Å². The summed E-state index contributed by atoms with van der Waals surface area (Å²) in [6, 6.07) is 24.0. The highest BCUT2D eigenvalue weighted by Crippen LogP contribution is 2.36. The van der Waals surface area contributed by atoms with Crippen LogP contribution in [0, 0.1) is 10.1 Å². The molecule has 0 amide bonds. The van der Waals surface area contributed by atoms with E-state index in [0.29, 0.717) is 39.4 Å². The predicted molar refractivity (Wildman–Crippen MR) is 149 cm³/mol. The molecule has 0 radical (unpaired) electrons. The summed E-state index contributed by atoms with van der Waals surface area (Å²) in [5.74, 6) is 1.42. The van der Waals surface area contributed by atoms with Crippen LogP contribution in [-0.4, -0.2) is 27.6 Å². The Bertz CT molecular complexity index is 1860. The Hall–Kier alpha value is -5.22. The van der Waals surface area contributed by atoms with E-state index in [4.69, 9.17) is 25.8 Å². The smallest absolute Gasteiger partial charge is 0.313 e. The van der Waals surface area contributed by atoms with Gasteiger partial charge in [-0.25, -0.2) is 4.98 Å². The van der Waals surface area contributed by atoms with E-state index in [2.05, 4.69) is 10.1 Å². The Labute approximate surface area is 231 Å². The average molecular weight is 555 g/mol. The van der Waals surface area contributed by atoms with Crippen LogP contribution in [0.3, 0.4) is 0 Å². The number of rotatable bonds is 7. The summed E-state index contributed by atoms with van der Waals surface area (Å²) in [5, 5.41) is 16.8. The van der Waals surface area contributed by atoms with Crippen LogP contribution in [0.25, 0.3) is 22.3 Å². The van der Waals surface area contributed by atoms with Crippen LogP contribution in [-0.2, 0) is 6.61 Å². The number of nitro benzene ring substituents is 1. The maximum atomic E-state index is 13.5. The summed E-state index contributed by atoms with van der Waals surface area (Å²) in [7, 11) is 0. The van der Waals surface area contributed by atoms with E-state index in [9.17, 15) is 14.9 Å². The number of hydrogen-bond donors (Lipinski definition) is 0. The average Bonchev–Trinajstić information content (AvgIpc) is 3.44.